The number of carbonyl (C=O) groups is 1. The van der Waals surface area contributed by atoms with Gasteiger partial charge in [0.25, 0.3) is 0 Å². The molecule has 0 aromatic carbocycles. The van der Waals surface area contributed by atoms with Gasteiger partial charge in [-0.15, -0.1) is 0 Å². The Kier molecular flexibility index (Phi) is 10.2. The number of hydrogen-bond acceptors (Lipinski definition) is 2. The van der Waals surface area contributed by atoms with E-state index in [1.807, 2.05) is 19.1 Å². The summed E-state index contributed by atoms with van der Waals surface area (Å²) in [6.45, 7) is 16.9. The van der Waals surface area contributed by atoms with Crippen molar-refractivity contribution in [1.82, 2.24) is 4.90 Å². The maximum absolute atomic E-state index is 12.4. The third-order valence-electron chi connectivity index (χ3n) is 6.90. The van der Waals surface area contributed by atoms with Gasteiger partial charge in [-0.2, -0.15) is 0 Å². The van der Waals surface area contributed by atoms with Crippen LogP contribution in [-0.2, 0) is 4.79 Å². The Labute approximate surface area is 191 Å². The van der Waals surface area contributed by atoms with Gasteiger partial charge in [0, 0.05) is 6.42 Å². The number of nitrogens with zero attached hydrogens (tertiary/aromatic N) is 1. The van der Waals surface area contributed by atoms with Gasteiger partial charge in [0.2, 0.25) is 0 Å². The molecular formula is C29H45NO. The lowest BCUT2D eigenvalue weighted by Crippen LogP contribution is -2.34. The van der Waals surface area contributed by atoms with E-state index in [0.717, 1.165) is 31.5 Å². The molecule has 0 aromatic heterocycles. The van der Waals surface area contributed by atoms with Gasteiger partial charge in [0.15, 0.2) is 5.78 Å². The quantitative estimate of drug-likeness (QED) is 0.281. The highest BCUT2D eigenvalue weighted by Gasteiger charge is 2.26. The van der Waals surface area contributed by atoms with Crippen LogP contribution in [0.4, 0.5) is 0 Å². The number of ketones is 1. The van der Waals surface area contributed by atoms with Crippen LogP contribution in [0.15, 0.2) is 58.7 Å². The number of hydrogen-bond donors (Lipinski definition) is 0. The molecule has 0 unspecified atom stereocenters. The van der Waals surface area contributed by atoms with Crippen molar-refractivity contribution in [3.8, 4) is 0 Å². The molecule has 31 heavy (non-hydrogen) atoms. The fourth-order valence-electron chi connectivity index (χ4n) is 5.01. The third-order valence-corrected chi connectivity index (χ3v) is 6.90. The number of likely N-dealkylation sites (tertiary alicyclic amines) is 1. The summed E-state index contributed by atoms with van der Waals surface area (Å²) in [5, 5.41) is 0. The van der Waals surface area contributed by atoms with Crippen LogP contribution in [0.2, 0.25) is 0 Å². The molecule has 0 aromatic rings. The second kappa shape index (κ2) is 12.4. The average Bonchev–Trinajstić information content (AvgIpc) is 2.68. The van der Waals surface area contributed by atoms with Gasteiger partial charge < -0.3 is 4.90 Å². The highest BCUT2D eigenvalue weighted by atomic mass is 16.1. The maximum Gasteiger partial charge on any atom is 0.156 e. The molecule has 0 bridgehead atoms. The first kappa shape index (κ1) is 25.6. The summed E-state index contributed by atoms with van der Waals surface area (Å²) in [4.78, 5) is 15.0. The van der Waals surface area contributed by atoms with Crippen LogP contribution in [0.3, 0.4) is 0 Å². The Morgan fingerprint density at radius 2 is 1.84 bits per heavy atom. The van der Waals surface area contributed by atoms with E-state index in [4.69, 9.17) is 0 Å². The first-order valence-corrected chi connectivity index (χ1v) is 12.4. The van der Waals surface area contributed by atoms with Crippen molar-refractivity contribution in [3.05, 3.63) is 58.7 Å². The monoisotopic (exact) mass is 423 g/mol. The summed E-state index contributed by atoms with van der Waals surface area (Å²) in [6.07, 6.45) is 20.6. The van der Waals surface area contributed by atoms with Crippen LogP contribution in [0.25, 0.3) is 0 Å². The molecule has 172 valence electrons. The molecule has 2 heteroatoms. The number of piperidine rings is 1. The lowest BCUT2D eigenvalue weighted by molar-refractivity contribution is -0.115. The number of rotatable bonds is 9. The van der Waals surface area contributed by atoms with Gasteiger partial charge in [0.1, 0.15) is 0 Å². The van der Waals surface area contributed by atoms with Crippen LogP contribution in [0.1, 0.15) is 86.5 Å². The molecule has 0 N–H and O–H groups in total. The van der Waals surface area contributed by atoms with E-state index in [-0.39, 0.29) is 11.2 Å². The van der Waals surface area contributed by atoms with Crippen molar-refractivity contribution in [2.45, 2.75) is 86.5 Å². The highest BCUT2D eigenvalue weighted by molar-refractivity contribution is 5.90. The molecule has 1 saturated heterocycles. The molecule has 0 saturated carbocycles. The Morgan fingerprint density at radius 1 is 1.13 bits per heavy atom. The molecule has 2 aliphatic rings. The van der Waals surface area contributed by atoms with E-state index in [2.05, 4.69) is 63.8 Å². The van der Waals surface area contributed by atoms with E-state index < -0.39 is 0 Å². The molecular weight excluding hydrogens is 378 g/mol. The van der Waals surface area contributed by atoms with Crippen molar-refractivity contribution in [1.29, 1.82) is 0 Å². The van der Waals surface area contributed by atoms with E-state index in [0.29, 0.717) is 12.3 Å². The zero-order chi connectivity index (χ0) is 22.9. The van der Waals surface area contributed by atoms with E-state index in [1.54, 1.807) is 0 Å². The predicted molar refractivity (Wildman–Crippen MR) is 135 cm³/mol. The van der Waals surface area contributed by atoms with Crippen LogP contribution in [0, 0.1) is 11.3 Å². The van der Waals surface area contributed by atoms with Gasteiger partial charge in [-0.25, -0.2) is 0 Å². The molecule has 0 amide bonds. The first-order valence-electron chi connectivity index (χ1n) is 12.4. The van der Waals surface area contributed by atoms with E-state index >= 15 is 0 Å². The minimum atomic E-state index is 0.277. The molecule has 1 aliphatic heterocycles. The molecule has 2 rings (SSSR count). The van der Waals surface area contributed by atoms with Crippen LogP contribution in [0.5, 0.6) is 0 Å². The zero-order valence-electron chi connectivity index (χ0n) is 21.0. The van der Waals surface area contributed by atoms with Gasteiger partial charge in [-0.05, 0) is 107 Å². The summed E-state index contributed by atoms with van der Waals surface area (Å²) in [6, 6.07) is 0. The average molecular weight is 424 g/mol. The molecule has 2 nitrogen and oxygen atoms in total. The topological polar surface area (TPSA) is 20.3 Å². The van der Waals surface area contributed by atoms with Crippen LogP contribution < -0.4 is 0 Å². The third kappa shape index (κ3) is 8.77. The van der Waals surface area contributed by atoms with Crippen LogP contribution in [-0.4, -0.2) is 30.3 Å². The number of carbonyl (C=O) groups excluding carboxylic acids is 1. The van der Waals surface area contributed by atoms with E-state index in [1.165, 1.54) is 48.9 Å². The Hall–Kier alpha value is -1.67. The fraction of sp³-hybridized carbons (Fsp3) is 0.621. The standard InChI is InChI=1S/C29H45NO/c1-7-18-30-19-15-26(16-20-30)22-27(31)21-24(3)11-8-10-23(2)13-14-28-25(4)12-9-17-29(28,5)6/h8,10-11,13-14,21,26H,7,9,12,15-20,22H2,1-6H3. The normalized spacial score (nSPS) is 22.1. The molecule has 0 spiro atoms. The lowest BCUT2D eigenvalue weighted by Gasteiger charge is -2.32. The van der Waals surface area contributed by atoms with Gasteiger partial charge >= 0.3 is 0 Å². The summed E-state index contributed by atoms with van der Waals surface area (Å²) in [5.74, 6) is 0.835. The van der Waals surface area contributed by atoms with Gasteiger partial charge in [0.05, 0.1) is 0 Å². The summed E-state index contributed by atoms with van der Waals surface area (Å²) in [7, 11) is 0. The molecule has 1 fully saturated rings. The predicted octanol–water partition coefficient (Wildman–Crippen LogP) is 7.60. The molecule has 0 radical (unpaired) electrons. The summed E-state index contributed by atoms with van der Waals surface area (Å²) >= 11 is 0. The number of allylic oxidation sites excluding steroid dienone is 10. The minimum absolute atomic E-state index is 0.277. The van der Waals surface area contributed by atoms with Crippen molar-refractivity contribution in [2.24, 2.45) is 11.3 Å². The van der Waals surface area contributed by atoms with Crippen molar-refractivity contribution in [3.63, 3.8) is 0 Å². The first-order chi connectivity index (χ1) is 14.7. The maximum atomic E-state index is 12.4. The SMILES string of the molecule is CCCN1CCC(CC(=O)C=C(C)C=CC=C(C)C=CC2=C(C)CCCC2(C)C)CC1. The van der Waals surface area contributed by atoms with Gasteiger partial charge in [-0.1, -0.05) is 62.3 Å². The van der Waals surface area contributed by atoms with Crippen molar-refractivity contribution >= 4 is 5.78 Å². The second-order valence-corrected chi connectivity index (χ2v) is 10.4. The van der Waals surface area contributed by atoms with Crippen LogP contribution >= 0.6 is 0 Å². The zero-order valence-corrected chi connectivity index (χ0v) is 21.0. The largest absolute Gasteiger partial charge is 0.303 e. The Morgan fingerprint density at radius 3 is 2.48 bits per heavy atom. The van der Waals surface area contributed by atoms with Crippen molar-refractivity contribution < 1.29 is 4.79 Å². The smallest absolute Gasteiger partial charge is 0.156 e. The van der Waals surface area contributed by atoms with Crippen molar-refractivity contribution in [2.75, 3.05) is 19.6 Å². The minimum Gasteiger partial charge on any atom is -0.303 e. The Balaban J connectivity index is 1.84. The van der Waals surface area contributed by atoms with Gasteiger partial charge in [-0.3, -0.25) is 4.79 Å². The summed E-state index contributed by atoms with van der Waals surface area (Å²) in [5.41, 5.74) is 5.58. The molecule has 1 heterocycles. The molecule has 0 atom stereocenters. The second-order valence-electron chi connectivity index (χ2n) is 10.4. The fourth-order valence-corrected chi connectivity index (χ4v) is 5.01. The lowest BCUT2D eigenvalue weighted by atomic mass is 9.72. The van der Waals surface area contributed by atoms with E-state index in [9.17, 15) is 4.79 Å². The highest BCUT2D eigenvalue weighted by Crippen LogP contribution is 2.40. The molecule has 1 aliphatic carbocycles. The summed E-state index contributed by atoms with van der Waals surface area (Å²) < 4.78 is 0. The Bertz CT molecular complexity index is 752.